The number of guanidine groups is 1. The van der Waals surface area contributed by atoms with Gasteiger partial charge in [-0.15, -0.1) is 0 Å². The first-order valence-corrected chi connectivity index (χ1v) is 10.5. The number of hydrogen-bond acceptors (Lipinski definition) is 3. The lowest BCUT2D eigenvalue weighted by molar-refractivity contribution is -0.143. The molecule has 0 radical (unpaired) electrons. The van der Waals surface area contributed by atoms with Crippen molar-refractivity contribution in [2.75, 3.05) is 46.3 Å². The number of rotatable bonds is 6. The van der Waals surface area contributed by atoms with E-state index in [1.807, 2.05) is 18.2 Å². The van der Waals surface area contributed by atoms with Crippen molar-refractivity contribution in [3.63, 3.8) is 0 Å². The minimum Gasteiger partial charge on any atom is -0.354 e. The van der Waals surface area contributed by atoms with E-state index in [-0.39, 0.29) is 12.1 Å². The van der Waals surface area contributed by atoms with Crippen molar-refractivity contribution in [1.29, 1.82) is 0 Å². The number of hydrogen-bond donors (Lipinski definition) is 2. The first-order valence-electron chi connectivity index (χ1n) is 10.1. The zero-order valence-corrected chi connectivity index (χ0v) is 17.4. The second-order valence-electron chi connectivity index (χ2n) is 7.75. The van der Waals surface area contributed by atoms with Gasteiger partial charge in [0.15, 0.2) is 5.96 Å². The van der Waals surface area contributed by atoms with Gasteiger partial charge in [-0.3, -0.25) is 14.8 Å². The van der Waals surface area contributed by atoms with E-state index < -0.39 is 12.7 Å². The van der Waals surface area contributed by atoms with Gasteiger partial charge in [0, 0.05) is 37.7 Å². The third kappa shape index (κ3) is 6.76. The highest BCUT2D eigenvalue weighted by Crippen LogP contribution is 2.26. The monoisotopic (exact) mass is 431 g/mol. The minimum absolute atomic E-state index is 0.0417. The summed E-state index contributed by atoms with van der Waals surface area (Å²) >= 11 is 6.20. The van der Waals surface area contributed by atoms with Crippen LogP contribution in [-0.2, 0) is 0 Å². The van der Waals surface area contributed by atoms with Crippen molar-refractivity contribution < 1.29 is 13.2 Å². The molecule has 9 heteroatoms. The second-order valence-corrected chi connectivity index (χ2v) is 8.18. The van der Waals surface area contributed by atoms with Crippen LogP contribution >= 0.6 is 11.6 Å². The number of alkyl halides is 3. The van der Waals surface area contributed by atoms with E-state index >= 15 is 0 Å². The molecule has 2 atom stereocenters. The second kappa shape index (κ2) is 10.00. The molecule has 0 spiro atoms. The Morgan fingerprint density at radius 1 is 1.28 bits per heavy atom. The average molecular weight is 432 g/mol. The fourth-order valence-corrected chi connectivity index (χ4v) is 4.35. The van der Waals surface area contributed by atoms with Crippen LogP contribution in [0.15, 0.2) is 29.3 Å². The molecular formula is C20H29ClF3N5. The first kappa shape index (κ1) is 22.2. The predicted molar refractivity (Wildman–Crippen MR) is 110 cm³/mol. The summed E-state index contributed by atoms with van der Waals surface area (Å²) in [6, 6.07) is 8.03. The topological polar surface area (TPSA) is 42.9 Å². The van der Waals surface area contributed by atoms with E-state index in [9.17, 15) is 13.2 Å². The molecular weight excluding hydrogens is 403 g/mol. The third-order valence-electron chi connectivity index (χ3n) is 5.52. The van der Waals surface area contributed by atoms with Crippen LogP contribution in [0.25, 0.3) is 0 Å². The molecule has 29 heavy (non-hydrogen) atoms. The summed E-state index contributed by atoms with van der Waals surface area (Å²) in [6.07, 6.45) is -1.13. The van der Waals surface area contributed by atoms with E-state index in [1.54, 1.807) is 7.05 Å². The highest BCUT2D eigenvalue weighted by Gasteiger charge is 2.34. The maximum absolute atomic E-state index is 12.6. The molecule has 2 unspecified atom stereocenters. The van der Waals surface area contributed by atoms with Crippen molar-refractivity contribution >= 4 is 17.6 Å². The van der Waals surface area contributed by atoms with E-state index in [0.717, 1.165) is 18.7 Å². The van der Waals surface area contributed by atoms with Gasteiger partial charge in [0.1, 0.15) is 0 Å². The first-order chi connectivity index (χ1) is 13.8. The lowest BCUT2D eigenvalue weighted by Gasteiger charge is -2.29. The number of aliphatic imine (C=N–C) groups is 1. The van der Waals surface area contributed by atoms with E-state index in [1.165, 1.54) is 17.7 Å². The van der Waals surface area contributed by atoms with Gasteiger partial charge in [0.05, 0.1) is 12.6 Å². The van der Waals surface area contributed by atoms with Gasteiger partial charge in [-0.05, 0) is 50.0 Å². The smallest absolute Gasteiger partial charge is 0.354 e. The summed E-state index contributed by atoms with van der Waals surface area (Å²) in [7, 11) is 1.68. The van der Waals surface area contributed by atoms with Crippen molar-refractivity contribution in [3.8, 4) is 0 Å². The molecule has 1 aromatic rings. The van der Waals surface area contributed by atoms with Crippen LogP contribution in [0.4, 0.5) is 13.2 Å². The maximum atomic E-state index is 12.6. The zero-order valence-electron chi connectivity index (χ0n) is 16.7. The number of likely N-dealkylation sites (tertiary alicyclic amines) is 2. The molecule has 0 saturated carbocycles. The number of nitrogens with zero attached hydrogens (tertiary/aromatic N) is 3. The molecule has 162 valence electrons. The molecule has 0 aliphatic carbocycles. The molecule has 2 saturated heterocycles. The molecule has 2 aliphatic heterocycles. The lowest BCUT2D eigenvalue weighted by Crippen LogP contribution is -2.47. The summed E-state index contributed by atoms with van der Waals surface area (Å²) in [6.45, 7) is 2.68. The number of benzene rings is 1. The summed E-state index contributed by atoms with van der Waals surface area (Å²) in [5.41, 5.74) is 1.15. The third-order valence-corrected chi connectivity index (χ3v) is 5.75. The average Bonchev–Trinajstić information content (AvgIpc) is 3.32. The van der Waals surface area contributed by atoms with Crippen LogP contribution in [0.5, 0.6) is 0 Å². The van der Waals surface area contributed by atoms with Crippen LogP contribution in [0.3, 0.4) is 0 Å². The Labute approximate surface area is 175 Å². The van der Waals surface area contributed by atoms with Gasteiger partial charge in [-0.25, -0.2) is 0 Å². The van der Waals surface area contributed by atoms with Crippen molar-refractivity contribution in [3.05, 3.63) is 34.9 Å². The standard InChI is InChI=1S/C20H29ClF3N5/c1-25-19(27-17-7-10-28(13-17)14-20(22,23)24)26-12-18(29-8-2-3-9-29)15-5-4-6-16(21)11-15/h4-6,11,17-18H,2-3,7-10,12-14H2,1H3,(H2,25,26,27). The Hall–Kier alpha value is -1.51. The molecule has 5 nitrogen and oxygen atoms in total. The van der Waals surface area contributed by atoms with Gasteiger partial charge in [-0.2, -0.15) is 13.2 Å². The van der Waals surface area contributed by atoms with Gasteiger partial charge in [0.2, 0.25) is 0 Å². The van der Waals surface area contributed by atoms with Crippen LogP contribution in [0, 0.1) is 0 Å². The molecule has 2 heterocycles. The van der Waals surface area contributed by atoms with Gasteiger partial charge in [0.25, 0.3) is 0 Å². The summed E-state index contributed by atoms with van der Waals surface area (Å²) in [5, 5.41) is 7.36. The minimum atomic E-state index is -4.16. The van der Waals surface area contributed by atoms with Crippen LogP contribution in [-0.4, -0.2) is 74.3 Å². The maximum Gasteiger partial charge on any atom is 0.401 e. The Morgan fingerprint density at radius 2 is 2.03 bits per heavy atom. The molecule has 2 N–H and O–H groups in total. The normalized spacial score (nSPS) is 22.8. The number of halogens is 4. The Bertz CT molecular complexity index is 691. The molecule has 0 bridgehead atoms. The fourth-order valence-electron chi connectivity index (χ4n) is 4.15. The van der Waals surface area contributed by atoms with Gasteiger partial charge < -0.3 is 10.6 Å². The van der Waals surface area contributed by atoms with Gasteiger partial charge >= 0.3 is 6.18 Å². The Balaban J connectivity index is 1.56. The molecule has 3 rings (SSSR count). The molecule has 2 fully saturated rings. The molecule has 0 aromatic heterocycles. The predicted octanol–water partition coefficient (Wildman–Crippen LogP) is 3.28. The number of nitrogens with one attached hydrogen (secondary N) is 2. The zero-order chi connectivity index (χ0) is 20.9. The van der Waals surface area contributed by atoms with Crippen LogP contribution < -0.4 is 10.6 Å². The highest BCUT2D eigenvalue weighted by molar-refractivity contribution is 6.30. The van der Waals surface area contributed by atoms with Gasteiger partial charge in [-0.1, -0.05) is 23.7 Å². The van der Waals surface area contributed by atoms with Crippen molar-refractivity contribution in [2.24, 2.45) is 4.99 Å². The van der Waals surface area contributed by atoms with E-state index in [4.69, 9.17) is 11.6 Å². The van der Waals surface area contributed by atoms with E-state index in [0.29, 0.717) is 37.0 Å². The van der Waals surface area contributed by atoms with Crippen molar-refractivity contribution in [2.45, 2.75) is 37.5 Å². The summed E-state index contributed by atoms with van der Waals surface area (Å²) in [5.74, 6) is 0.620. The van der Waals surface area contributed by atoms with E-state index in [2.05, 4.69) is 26.6 Å². The quantitative estimate of drug-likeness (QED) is 0.536. The van der Waals surface area contributed by atoms with Crippen LogP contribution in [0.1, 0.15) is 30.9 Å². The molecule has 2 aliphatic rings. The SMILES string of the molecule is CN=C(NCC(c1cccc(Cl)c1)N1CCCC1)NC1CCN(CC(F)(F)F)C1. The summed E-state index contributed by atoms with van der Waals surface area (Å²) in [4.78, 5) is 8.14. The molecule has 0 amide bonds. The fraction of sp³-hybridized carbons (Fsp3) is 0.650. The highest BCUT2D eigenvalue weighted by atomic mass is 35.5. The lowest BCUT2D eigenvalue weighted by atomic mass is 10.1. The van der Waals surface area contributed by atoms with Crippen LogP contribution in [0.2, 0.25) is 5.02 Å². The Kier molecular flexibility index (Phi) is 7.65. The Morgan fingerprint density at radius 3 is 2.69 bits per heavy atom. The summed E-state index contributed by atoms with van der Waals surface area (Å²) < 4.78 is 37.8. The van der Waals surface area contributed by atoms with Crippen molar-refractivity contribution in [1.82, 2.24) is 20.4 Å². The molecule has 1 aromatic carbocycles. The largest absolute Gasteiger partial charge is 0.401 e.